The first-order valence-electron chi connectivity index (χ1n) is 6.83. The largest absolute Gasteiger partial charge is 0.489 e. The van der Waals surface area contributed by atoms with Gasteiger partial charge in [0.2, 0.25) is 0 Å². The van der Waals surface area contributed by atoms with Crippen LogP contribution in [0.1, 0.15) is 27.2 Å². The fourth-order valence-electron chi connectivity index (χ4n) is 1.54. The zero-order chi connectivity index (χ0) is 14.1. The number of nitrogens with two attached hydrogens (primary N) is 1. The Morgan fingerprint density at radius 1 is 1.26 bits per heavy atom. The molecule has 4 heteroatoms. The third-order valence-corrected chi connectivity index (χ3v) is 2.63. The molecule has 1 unspecified atom stereocenters. The Bertz CT molecular complexity index is 376. The van der Waals surface area contributed by atoms with Gasteiger partial charge in [-0.05, 0) is 31.4 Å². The molecule has 0 saturated carbocycles. The van der Waals surface area contributed by atoms with Crippen molar-refractivity contribution in [2.24, 2.45) is 16.6 Å². The van der Waals surface area contributed by atoms with Gasteiger partial charge in [-0.25, -0.2) is 4.99 Å². The van der Waals surface area contributed by atoms with Gasteiger partial charge in [-0.2, -0.15) is 0 Å². The molecule has 1 aromatic rings. The molecule has 0 saturated heterocycles. The smallest absolute Gasteiger partial charge is 0.188 e. The highest BCUT2D eigenvalue weighted by atomic mass is 16.5. The summed E-state index contributed by atoms with van der Waals surface area (Å²) in [6.45, 7) is 7.77. The van der Waals surface area contributed by atoms with Crippen molar-refractivity contribution in [1.82, 2.24) is 5.32 Å². The minimum Gasteiger partial charge on any atom is -0.489 e. The third-order valence-electron chi connectivity index (χ3n) is 2.63. The normalized spacial score (nSPS) is 13.4. The summed E-state index contributed by atoms with van der Waals surface area (Å²) < 4.78 is 5.72. The van der Waals surface area contributed by atoms with Gasteiger partial charge in [0, 0.05) is 6.54 Å². The summed E-state index contributed by atoms with van der Waals surface area (Å²) in [6.07, 6.45) is 1.10. The minimum absolute atomic E-state index is 0.00727. The van der Waals surface area contributed by atoms with E-state index in [2.05, 4.69) is 24.2 Å². The molecule has 0 fully saturated rings. The van der Waals surface area contributed by atoms with Crippen LogP contribution in [0.25, 0.3) is 0 Å². The number of nitrogens with one attached hydrogen (secondary N) is 1. The van der Waals surface area contributed by atoms with Gasteiger partial charge in [-0.3, -0.25) is 0 Å². The van der Waals surface area contributed by atoms with Crippen LogP contribution in [0, 0.1) is 5.92 Å². The van der Waals surface area contributed by atoms with E-state index in [1.807, 2.05) is 37.3 Å². The van der Waals surface area contributed by atoms with Crippen molar-refractivity contribution in [2.75, 3.05) is 13.1 Å². The molecule has 3 N–H and O–H groups in total. The second-order valence-corrected chi connectivity index (χ2v) is 5.08. The van der Waals surface area contributed by atoms with E-state index in [1.54, 1.807) is 0 Å². The molecule has 19 heavy (non-hydrogen) atoms. The number of benzene rings is 1. The maximum absolute atomic E-state index is 5.78. The first-order chi connectivity index (χ1) is 9.08. The molecule has 0 aliphatic heterocycles. The second-order valence-electron chi connectivity index (χ2n) is 5.08. The maximum Gasteiger partial charge on any atom is 0.188 e. The maximum atomic E-state index is 5.78. The summed E-state index contributed by atoms with van der Waals surface area (Å²) in [6, 6.07) is 9.74. The van der Waals surface area contributed by atoms with E-state index in [-0.39, 0.29) is 6.10 Å². The van der Waals surface area contributed by atoms with Crippen LogP contribution in [0.5, 0.6) is 5.75 Å². The molecule has 4 nitrogen and oxygen atoms in total. The Morgan fingerprint density at radius 3 is 2.58 bits per heavy atom. The first-order valence-corrected chi connectivity index (χ1v) is 6.83. The number of ether oxygens (including phenoxy) is 1. The quantitative estimate of drug-likeness (QED) is 0.586. The third kappa shape index (κ3) is 7.34. The molecule has 0 bridgehead atoms. The standard InChI is InChI=1S/C15H25N3O/c1-12(2)9-10-17-15(16)18-11-13(3)19-14-7-5-4-6-8-14/h4-8,12-13H,9-11H2,1-3H3,(H3,16,17,18). The van der Waals surface area contributed by atoms with Crippen molar-refractivity contribution in [1.29, 1.82) is 0 Å². The van der Waals surface area contributed by atoms with Gasteiger partial charge in [-0.1, -0.05) is 32.0 Å². The van der Waals surface area contributed by atoms with E-state index >= 15 is 0 Å². The van der Waals surface area contributed by atoms with Crippen molar-refractivity contribution in [3.05, 3.63) is 30.3 Å². The molecule has 0 spiro atoms. The number of para-hydroxylation sites is 1. The topological polar surface area (TPSA) is 59.6 Å². The summed E-state index contributed by atoms with van der Waals surface area (Å²) in [5.41, 5.74) is 5.78. The molecule has 0 aliphatic carbocycles. The zero-order valence-corrected chi connectivity index (χ0v) is 12.1. The van der Waals surface area contributed by atoms with Crippen LogP contribution in [0.2, 0.25) is 0 Å². The van der Waals surface area contributed by atoms with Gasteiger partial charge in [-0.15, -0.1) is 0 Å². The summed E-state index contributed by atoms with van der Waals surface area (Å²) in [4.78, 5) is 4.28. The molecular formula is C15H25N3O. The van der Waals surface area contributed by atoms with E-state index < -0.39 is 0 Å². The lowest BCUT2D eigenvalue weighted by molar-refractivity contribution is 0.230. The highest BCUT2D eigenvalue weighted by molar-refractivity contribution is 5.77. The Kier molecular flexibility index (Phi) is 6.79. The molecule has 0 heterocycles. The van der Waals surface area contributed by atoms with E-state index in [4.69, 9.17) is 10.5 Å². The molecule has 1 aromatic carbocycles. The molecule has 0 radical (unpaired) electrons. The fourth-order valence-corrected chi connectivity index (χ4v) is 1.54. The number of hydrogen-bond acceptors (Lipinski definition) is 2. The van der Waals surface area contributed by atoms with Gasteiger partial charge in [0.15, 0.2) is 5.96 Å². The number of aliphatic imine (C=N–C) groups is 1. The van der Waals surface area contributed by atoms with E-state index in [9.17, 15) is 0 Å². The highest BCUT2D eigenvalue weighted by Gasteiger charge is 2.03. The van der Waals surface area contributed by atoms with Crippen molar-refractivity contribution in [3.8, 4) is 5.75 Å². The predicted molar refractivity (Wildman–Crippen MR) is 80.5 cm³/mol. The zero-order valence-electron chi connectivity index (χ0n) is 12.1. The number of rotatable bonds is 7. The lowest BCUT2D eigenvalue weighted by atomic mass is 10.1. The van der Waals surface area contributed by atoms with Gasteiger partial charge < -0.3 is 15.8 Å². The van der Waals surface area contributed by atoms with E-state index in [0.29, 0.717) is 18.4 Å². The van der Waals surface area contributed by atoms with Gasteiger partial charge in [0.25, 0.3) is 0 Å². The molecule has 1 atom stereocenters. The van der Waals surface area contributed by atoms with Crippen molar-refractivity contribution < 1.29 is 4.74 Å². The number of hydrogen-bond donors (Lipinski definition) is 2. The Hall–Kier alpha value is -1.71. The van der Waals surface area contributed by atoms with Crippen LogP contribution >= 0.6 is 0 Å². The fraction of sp³-hybridized carbons (Fsp3) is 0.533. The highest BCUT2D eigenvalue weighted by Crippen LogP contribution is 2.10. The van der Waals surface area contributed by atoms with Crippen LogP contribution in [-0.4, -0.2) is 25.2 Å². The van der Waals surface area contributed by atoms with Crippen molar-refractivity contribution in [3.63, 3.8) is 0 Å². The summed E-state index contributed by atoms with van der Waals surface area (Å²) >= 11 is 0. The number of nitrogens with zero attached hydrogens (tertiary/aromatic N) is 1. The average molecular weight is 263 g/mol. The summed E-state index contributed by atoms with van der Waals surface area (Å²) in [5.74, 6) is 2.02. The van der Waals surface area contributed by atoms with E-state index in [1.165, 1.54) is 0 Å². The SMILES string of the molecule is CC(C)CCNC(N)=NCC(C)Oc1ccccc1. The predicted octanol–water partition coefficient (Wildman–Crippen LogP) is 2.40. The second kappa shape index (κ2) is 8.40. The summed E-state index contributed by atoms with van der Waals surface area (Å²) in [7, 11) is 0. The lowest BCUT2D eigenvalue weighted by Gasteiger charge is -2.13. The summed E-state index contributed by atoms with van der Waals surface area (Å²) in [5, 5.41) is 3.11. The van der Waals surface area contributed by atoms with Gasteiger partial charge in [0.05, 0.1) is 6.54 Å². The van der Waals surface area contributed by atoms with Crippen LogP contribution < -0.4 is 15.8 Å². The monoisotopic (exact) mass is 263 g/mol. The van der Waals surface area contributed by atoms with Crippen LogP contribution in [0.4, 0.5) is 0 Å². The van der Waals surface area contributed by atoms with Gasteiger partial charge in [0.1, 0.15) is 11.9 Å². The molecule has 0 amide bonds. The van der Waals surface area contributed by atoms with Crippen LogP contribution in [-0.2, 0) is 0 Å². The van der Waals surface area contributed by atoms with Crippen LogP contribution in [0.15, 0.2) is 35.3 Å². The molecular weight excluding hydrogens is 238 g/mol. The lowest BCUT2D eigenvalue weighted by Crippen LogP contribution is -2.34. The van der Waals surface area contributed by atoms with Crippen LogP contribution in [0.3, 0.4) is 0 Å². The Morgan fingerprint density at radius 2 is 1.95 bits per heavy atom. The average Bonchev–Trinajstić information content (AvgIpc) is 2.37. The Labute approximate surface area is 116 Å². The molecule has 1 rings (SSSR count). The molecule has 0 aliphatic rings. The van der Waals surface area contributed by atoms with Gasteiger partial charge >= 0.3 is 0 Å². The number of guanidine groups is 1. The van der Waals surface area contributed by atoms with Crippen molar-refractivity contribution >= 4 is 5.96 Å². The van der Waals surface area contributed by atoms with E-state index in [0.717, 1.165) is 18.7 Å². The molecule has 106 valence electrons. The van der Waals surface area contributed by atoms with Crippen molar-refractivity contribution in [2.45, 2.75) is 33.3 Å². The first kappa shape index (κ1) is 15.3. The molecule has 0 aromatic heterocycles. The Balaban J connectivity index is 2.26. The minimum atomic E-state index is 0.00727.